The van der Waals surface area contributed by atoms with Gasteiger partial charge < -0.3 is 15.2 Å². The van der Waals surface area contributed by atoms with Gasteiger partial charge in [-0.3, -0.25) is 14.3 Å². The van der Waals surface area contributed by atoms with E-state index in [0.717, 1.165) is 42.7 Å². The third-order valence-electron chi connectivity index (χ3n) is 5.75. The predicted molar refractivity (Wildman–Crippen MR) is 134 cm³/mol. The average Bonchev–Trinajstić information content (AvgIpc) is 3.16. The lowest BCUT2D eigenvalue weighted by Crippen LogP contribution is -2.29. The molecular formula is C25H30N6O2. The molecule has 33 heavy (non-hydrogen) atoms. The molecule has 4 rings (SSSR count). The minimum atomic E-state index is -0.471. The molecule has 2 heterocycles. The first-order valence-electron chi connectivity index (χ1n) is 11.3. The summed E-state index contributed by atoms with van der Waals surface area (Å²) in [6.07, 6.45) is 2.88. The van der Waals surface area contributed by atoms with Crippen molar-refractivity contribution in [3.05, 3.63) is 80.5 Å². The molecule has 172 valence electrons. The van der Waals surface area contributed by atoms with E-state index in [4.69, 9.17) is 0 Å². The van der Waals surface area contributed by atoms with Gasteiger partial charge in [0, 0.05) is 31.5 Å². The van der Waals surface area contributed by atoms with Crippen molar-refractivity contribution in [3.63, 3.8) is 0 Å². The van der Waals surface area contributed by atoms with Crippen LogP contribution in [0.15, 0.2) is 58.1 Å². The smallest absolute Gasteiger partial charge is 0.329 e. The number of hydrogen-bond acceptors (Lipinski definition) is 5. The molecule has 0 saturated carbocycles. The molecule has 0 atom stereocenters. The van der Waals surface area contributed by atoms with E-state index in [1.807, 2.05) is 35.8 Å². The normalized spacial score (nSPS) is 11.1. The zero-order valence-corrected chi connectivity index (χ0v) is 19.3. The van der Waals surface area contributed by atoms with Crippen molar-refractivity contribution < 1.29 is 0 Å². The summed E-state index contributed by atoms with van der Waals surface area (Å²) in [6.45, 7) is 5.62. The molecule has 0 aliphatic rings. The van der Waals surface area contributed by atoms with Crippen LogP contribution in [-0.4, -0.2) is 25.6 Å². The summed E-state index contributed by atoms with van der Waals surface area (Å²) < 4.78 is 3.25. The van der Waals surface area contributed by atoms with Crippen LogP contribution in [0.5, 0.6) is 0 Å². The number of fused-ring (bicyclic) bond motifs is 1. The van der Waals surface area contributed by atoms with Crippen molar-refractivity contribution in [3.8, 4) is 0 Å². The van der Waals surface area contributed by atoms with Gasteiger partial charge in [0.1, 0.15) is 0 Å². The van der Waals surface area contributed by atoms with Crippen LogP contribution >= 0.6 is 0 Å². The maximum Gasteiger partial charge on any atom is 0.329 e. The first kappa shape index (κ1) is 22.4. The van der Waals surface area contributed by atoms with Crippen molar-refractivity contribution in [2.24, 2.45) is 7.05 Å². The molecule has 0 unspecified atom stereocenters. The molecule has 2 aromatic carbocycles. The monoisotopic (exact) mass is 446 g/mol. The van der Waals surface area contributed by atoms with Gasteiger partial charge in [0.2, 0.25) is 5.95 Å². The van der Waals surface area contributed by atoms with Gasteiger partial charge >= 0.3 is 5.69 Å². The fourth-order valence-electron chi connectivity index (χ4n) is 3.79. The number of nitrogens with zero attached hydrogens (tertiary/aromatic N) is 3. The Kier molecular flexibility index (Phi) is 6.63. The van der Waals surface area contributed by atoms with Gasteiger partial charge in [-0.15, -0.1) is 0 Å². The lowest BCUT2D eigenvalue weighted by Gasteiger charge is -2.11. The first-order valence-corrected chi connectivity index (χ1v) is 11.3. The molecule has 0 aliphatic carbocycles. The van der Waals surface area contributed by atoms with Gasteiger partial charge in [-0.05, 0) is 57.4 Å². The minimum absolute atomic E-state index is 0.374. The average molecular weight is 447 g/mol. The molecule has 8 nitrogen and oxygen atoms in total. The molecule has 0 bridgehead atoms. The number of hydrogen-bond donors (Lipinski definition) is 3. The quantitative estimate of drug-likeness (QED) is 0.337. The molecule has 0 saturated heterocycles. The number of imidazole rings is 1. The van der Waals surface area contributed by atoms with E-state index >= 15 is 0 Å². The first-order chi connectivity index (χ1) is 15.9. The van der Waals surface area contributed by atoms with Gasteiger partial charge in [-0.2, -0.15) is 4.98 Å². The Hall–Kier alpha value is -3.81. The standard InChI is InChI=1S/C25H30N6O2/c1-17-7-11-19(12-8-17)26-15-5-4-6-16-31-21-22(30(3)25(33)29-23(21)32)28-24(31)27-20-13-9-18(2)10-14-20/h7-14,26H,4-6,15-16H2,1-3H3,(H,27,28)(H,29,32,33). The summed E-state index contributed by atoms with van der Waals surface area (Å²) in [4.78, 5) is 31.7. The number of H-pyrrole nitrogens is 1. The van der Waals surface area contributed by atoms with Crippen molar-refractivity contribution in [2.45, 2.75) is 39.7 Å². The second-order valence-electron chi connectivity index (χ2n) is 8.42. The Labute approximate surface area is 192 Å². The number of unbranched alkanes of at least 4 members (excludes halogenated alkanes) is 2. The van der Waals surface area contributed by atoms with E-state index in [0.29, 0.717) is 23.7 Å². The SMILES string of the molecule is Cc1ccc(NCCCCCn2c(Nc3ccc(C)cc3)nc3c2c(=O)[nH]c(=O)n3C)cc1. The highest BCUT2D eigenvalue weighted by atomic mass is 16.2. The number of aromatic amines is 1. The second kappa shape index (κ2) is 9.77. The number of anilines is 3. The number of nitrogens with one attached hydrogen (secondary N) is 3. The second-order valence-corrected chi connectivity index (χ2v) is 8.42. The van der Waals surface area contributed by atoms with Gasteiger partial charge in [-0.25, -0.2) is 4.79 Å². The van der Waals surface area contributed by atoms with Crippen molar-refractivity contribution in [2.75, 3.05) is 17.2 Å². The molecule has 3 N–H and O–H groups in total. The predicted octanol–water partition coefficient (Wildman–Crippen LogP) is 4.07. The molecule has 0 fully saturated rings. The van der Waals surface area contributed by atoms with E-state index in [1.54, 1.807) is 7.05 Å². The fraction of sp³-hybridized carbons (Fsp3) is 0.320. The van der Waals surface area contributed by atoms with E-state index < -0.39 is 11.2 Å². The Morgan fingerprint density at radius 3 is 2.18 bits per heavy atom. The highest BCUT2D eigenvalue weighted by molar-refractivity contribution is 5.75. The summed E-state index contributed by atoms with van der Waals surface area (Å²) in [5.74, 6) is 0.554. The zero-order chi connectivity index (χ0) is 23.4. The number of benzene rings is 2. The summed E-state index contributed by atoms with van der Waals surface area (Å²) in [6, 6.07) is 16.3. The van der Waals surface area contributed by atoms with Crippen LogP contribution in [0.2, 0.25) is 0 Å². The maximum absolute atomic E-state index is 12.6. The fourth-order valence-corrected chi connectivity index (χ4v) is 3.79. The van der Waals surface area contributed by atoms with Crippen LogP contribution in [0, 0.1) is 13.8 Å². The van der Waals surface area contributed by atoms with Gasteiger partial charge in [0.25, 0.3) is 5.56 Å². The van der Waals surface area contributed by atoms with Crippen LogP contribution in [0.3, 0.4) is 0 Å². The van der Waals surface area contributed by atoms with Crippen LogP contribution in [0.1, 0.15) is 30.4 Å². The highest BCUT2D eigenvalue weighted by Crippen LogP contribution is 2.21. The molecule has 0 radical (unpaired) electrons. The van der Waals surface area contributed by atoms with Crippen LogP contribution in [0.25, 0.3) is 11.2 Å². The van der Waals surface area contributed by atoms with E-state index in [-0.39, 0.29) is 0 Å². The summed E-state index contributed by atoms with van der Waals surface area (Å²) >= 11 is 0. The summed E-state index contributed by atoms with van der Waals surface area (Å²) in [5.41, 5.74) is 4.30. The maximum atomic E-state index is 12.6. The van der Waals surface area contributed by atoms with E-state index in [1.165, 1.54) is 10.1 Å². The molecule has 8 heteroatoms. The van der Waals surface area contributed by atoms with Gasteiger partial charge in [-0.1, -0.05) is 35.4 Å². The zero-order valence-electron chi connectivity index (χ0n) is 19.3. The largest absolute Gasteiger partial charge is 0.385 e. The van der Waals surface area contributed by atoms with Crippen LogP contribution in [0.4, 0.5) is 17.3 Å². The summed E-state index contributed by atoms with van der Waals surface area (Å²) in [5, 5.41) is 6.75. The Morgan fingerprint density at radius 1 is 0.879 bits per heavy atom. The molecule has 2 aromatic heterocycles. The lowest BCUT2D eigenvalue weighted by molar-refractivity contribution is 0.609. The Bertz CT molecular complexity index is 1350. The van der Waals surface area contributed by atoms with Gasteiger partial charge in [0.05, 0.1) is 0 Å². The number of aromatic nitrogens is 4. The molecule has 4 aromatic rings. The minimum Gasteiger partial charge on any atom is -0.385 e. The van der Waals surface area contributed by atoms with E-state index in [2.05, 4.69) is 51.8 Å². The van der Waals surface area contributed by atoms with Crippen molar-refractivity contribution in [1.82, 2.24) is 19.1 Å². The third kappa shape index (κ3) is 5.16. The number of aryl methyl sites for hydroxylation is 4. The Morgan fingerprint density at radius 2 is 1.52 bits per heavy atom. The van der Waals surface area contributed by atoms with E-state index in [9.17, 15) is 9.59 Å². The number of rotatable bonds is 9. The van der Waals surface area contributed by atoms with Crippen molar-refractivity contribution in [1.29, 1.82) is 0 Å². The third-order valence-corrected chi connectivity index (χ3v) is 5.75. The van der Waals surface area contributed by atoms with Crippen molar-refractivity contribution >= 4 is 28.5 Å². The van der Waals surface area contributed by atoms with Crippen LogP contribution in [-0.2, 0) is 13.6 Å². The lowest BCUT2D eigenvalue weighted by atomic mass is 10.2. The Balaban J connectivity index is 1.48. The molecule has 0 amide bonds. The highest BCUT2D eigenvalue weighted by Gasteiger charge is 2.17. The van der Waals surface area contributed by atoms with Gasteiger partial charge in [0.15, 0.2) is 11.2 Å². The molecular weight excluding hydrogens is 416 g/mol. The van der Waals surface area contributed by atoms with Crippen LogP contribution < -0.4 is 21.9 Å². The molecule has 0 aliphatic heterocycles. The summed E-state index contributed by atoms with van der Waals surface area (Å²) in [7, 11) is 1.62. The molecule has 0 spiro atoms. The topological polar surface area (TPSA) is 96.7 Å².